The van der Waals surface area contributed by atoms with Gasteiger partial charge < -0.3 is 10.4 Å². The molecule has 0 fully saturated rings. The summed E-state index contributed by atoms with van der Waals surface area (Å²) < 4.78 is 12.9. The zero-order chi connectivity index (χ0) is 12.7. The molecule has 1 aromatic rings. The van der Waals surface area contributed by atoms with Crippen LogP contribution in [0.25, 0.3) is 0 Å². The molecule has 1 rings (SSSR count). The van der Waals surface area contributed by atoms with Crippen LogP contribution in [0.4, 0.5) is 4.39 Å². The maximum absolute atomic E-state index is 12.9. The monoisotopic (exact) mass is 239 g/mol. The van der Waals surface area contributed by atoms with Gasteiger partial charge in [-0.15, -0.1) is 0 Å². The summed E-state index contributed by atoms with van der Waals surface area (Å²) in [5.74, 6) is -0.224. The zero-order valence-corrected chi connectivity index (χ0v) is 10.7. The Hall–Kier alpha value is -0.930. The molecule has 0 aromatic heterocycles. The van der Waals surface area contributed by atoms with E-state index in [0.717, 1.165) is 24.9 Å². The molecule has 0 aliphatic heterocycles. The van der Waals surface area contributed by atoms with Crippen LogP contribution < -0.4 is 5.32 Å². The molecule has 1 aromatic carbocycles. The second-order valence-electron chi connectivity index (χ2n) is 4.34. The van der Waals surface area contributed by atoms with Gasteiger partial charge in [0.25, 0.3) is 0 Å². The SMILES string of the molecule is CCCNC(CC)(CCO)c1ccc(F)cc1. The van der Waals surface area contributed by atoms with Crippen molar-refractivity contribution in [2.45, 2.75) is 38.6 Å². The summed E-state index contributed by atoms with van der Waals surface area (Å²) in [6, 6.07) is 6.56. The van der Waals surface area contributed by atoms with Gasteiger partial charge in [0, 0.05) is 12.1 Å². The van der Waals surface area contributed by atoms with Gasteiger partial charge in [0.2, 0.25) is 0 Å². The molecule has 0 aliphatic carbocycles. The topological polar surface area (TPSA) is 32.3 Å². The number of rotatable bonds is 7. The molecule has 0 radical (unpaired) electrons. The lowest BCUT2D eigenvalue weighted by molar-refractivity contribution is 0.203. The lowest BCUT2D eigenvalue weighted by Crippen LogP contribution is -2.43. The van der Waals surface area contributed by atoms with Gasteiger partial charge in [-0.05, 0) is 43.5 Å². The number of benzene rings is 1. The van der Waals surface area contributed by atoms with E-state index in [2.05, 4.69) is 19.2 Å². The van der Waals surface area contributed by atoms with E-state index in [1.165, 1.54) is 12.1 Å². The molecule has 0 spiro atoms. The zero-order valence-electron chi connectivity index (χ0n) is 10.7. The molecular weight excluding hydrogens is 217 g/mol. The summed E-state index contributed by atoms with van der Waals surface area (Å²) in [6.07, 6.45) is 2.56. The van der Waals surface area contributed by atoms with Crippen molar-refractivity contribution >= 4 is 0 Å². The van der Waals surface area contributed by atoms with Crippen LogP contribution in [0.15, 0.2) is 24.3 Å². The first-order valence-corrected chi connectivity index (χ1v) is 6.30. The average Bonchev–Trinajstić information content (AvgIpc) is 2.36. The summed E-state index contributed by atoms with van der Waals surface area (Å²) in [4.78, 5) is 0. The van der Waals surface area contributed by atoms with Gasteiger partial charge in [-0.1, -0.05) is 26.0 Å². The van der Waals surface area contributed by atoms with Crippen LogP contribution >= 0.6 is 0 Å². The van der Waals surface area contributed by atoms with Gasteiger partial charge in [-0.2, -0.15) is 0 Å². The van der Waals surface area contributed by atoms with E-state index in [0.29, 0.717) is 6.42 Å². The predicted octanol–water partition coefficient (Wildman–Crippen LogP) is 2.81. The smallest absolute Gasteiger partial charge is 0.123 e. The van der Waals surface area contributed by atoms with E-state index in [1.807, 2.05) is 0 Å². The fourth-order valence-electron chi connectivity index (χ4n) is 2.16. The predicted molar refractivity (Wildman–Crippen MR) is 68.4 cm³/mol. The third-order valence-electron chi connectivity index (χ3n) is 3.25. The Morgan fingerprint density at radius 1 is 1.24 bits per heavy atom. The third kappa shape index (κ3) is 3.51. The highest BCUT2D eigenvalue weighted by Gasteiger charge is 2.28. The van der Waals surface area contributed by atoms with Crippen molar-refractivity contribution in [3.63, 3.8) is 0 Å². The van der Waals surface area contributed by atoms with Crippen LogP contribution in [0, 0.1) is 5.82 Å². The van der Waals surface area contributed by atoms with Crippen LogP contribution in [0.2, 0.25) is 0 Å². The molecule has 0 bridgehead atoms. The number of hydrogen-bond donors (Lipinski definition) is 2. The number of hydrogen-bond acceptors (Lipinski definition) is 2. The Morgan fingerprint density at radius 2 is 1.88 bits per heavy atom. The van der Waals surface area contributed by atoms with Gasteiger partial charge in [0.1, 0.15) is 5.82 Å². The van der Waals surface area contributed by atoms with Crippen molar-refractivity contribution in [2.75, 3.05) is 13.2 Å². The molecule has 0 saturated carbocycles. The molecule has 2 nitrogen and oxygen atoms in total. The second-order valence-corrected chi connectivity index (χ2v) is 4.34. The largest absolute Gasteiger partial charge is 0.396 e. The van der Waals surface area contributed by atoms with E-state index < -0.39 is 0 Å². The van der Waals surface area contributed by atoms with E-state index in [9.17, 15) is 9.50 Å². The second kappa shape index (κ2) is 6.72. The molecule has 0 amide bonds. The van der Waals surface area contributed by atoms with Crippen molar-refractivity contribution in [2.24, 2.45) is 0 Å². The first-order valence-electron chi connectivity index (χ1n) is 6.30. The molecule has 96 valence electrons. The average molecular weight is 239 g/mol. The maximum atomic E-state index is 12.9. The summed E-state index contributed by atoms with van der Waals surface area (Å²) in [7, 11) is 0. The van der Waals surface area contributed by atoms with Gasteiger partial charge in [-0.3, -0.25) is 0 Å². The first-order chi connectivity index (χ1) is 8.18. The Labute approximate surface area is 103 Å². The Balaban J connectivity index is 2.97. The minimum Gasteiger partial charge on any atom is -0.396 e. The third-order valence-corrected chi connectivity index (χ3v) is 3.25. The fraction of sp³-hybridized carbons (Fsp3) is 0.571. The van der Waals surface area contributed by atoms with Crippen LogP contribution in [-0.4, -0.2) is 18.3 Å². The summed E-state index contributed by atoms with van der Waals surface area (Å²) in [5.41, 5.74) is 0.808. The number of aliphatic hydroxyl groups excluding tert-OH is 1. The summed E-state index contributed by atoms with van der Waals surface area (Å²) in [5, 5.41) is 12.7. The van der Waals surface area contributed by atoms with Crippen LogP contribution in [0.3, 0.4) is 0 Å². The first kappa shape index (κ1) is 14.1. The summed E-state index contributed by atoms with van der Waals surface area (Å²) >= 11 is 0. The normalized spacial score (nSPS) is 14.6. The molecule has 3 heteroatoms. The molecule has 0 saturated heterocycles. The van der Waals surface area contributed by atoms with Crippen molar-refractivity contribution in [3.05, 3.63) is 35.6 Å². The lowest BCUT2D eigenvalue weighted by Gasteiger charge is -2.34. The number of nitrogens with one attached hydrogen (secondary N) is 1. The van der Waals surface area contributed by atoms with Crippen molar-refractivity contribution in [1.82, 2.24) is 5.32 Å². The molecule has 1 atom stereocenters. The quantitative estimate of drug-likeness (QED) is 0.767. The van der Waals surface area contributed by atoms with Crippen molar-refractivity contribution in [1.29, 1.82) is 0 Å². The standard InChI is InChI=1S/C14H22FNO/c1-3-10-16-14(4-2,9-11-17)12-5-7-13(15)8-6-12/h5-8,16-17H,3-4,9-11H2,1-2H3. The molecular formula is C14H22FNO. The molecule has 0 aliphatic rings. The van der Waals surface area contributed by atoms with Crippen LogP contribution in [-0.2, 0) is 5.54 Å². The Bertz CT molecular complexity index is 325. The highest BCUT2D eigenvalue weighted by Crippen LogP contribution is 2.28. The molecule has 1 unspecified atom stereocenters. The van der Waals surface area contributed by atoms with Crippen LogP contribution in [0.1, 0.15) is 38.7 Å². The van der Waals surface area contributed by atoms with E-state index in [4.69, 9.17) is 0 Å². The fourth-order valence-corrected chi connectivity index (χ4v) is 2.16. The molecule has 17 heavy (non-hydrogen) atoms. The number of halogens is 1. The Morgan fingerprint density at radius 3 is 2.35 bits per heavy atom. The van der Waals surface area contributed by atoms with E-state index in [1.54, 1.807) is 12.1 Å². The van der Waals surface area contributed by atoms with Gasteiger partial charge in [0.15, 0.2) is 0 Å². The Kier molecular flexibility index (Phi) is 5.59. The summed E-state index contributed by atoms with van der Waals surface area (Å²) in [6.45, 7) is 5.21. The van der Waals surface area contributed by atoms with Crippen LogP contribution in [0.5, 0.6) is 0 Å². The van der Waals surface area contributed by atoms with Gasteiger partial charge in [0.05, 0.1) is 0 Å². The van der Waals surface area contributed by atoms with E-state index >= 15 is 0 Å². The minimum atomic E-state index is -0.238. The van der Waals surface area contributed by atoms with Gasteiger partial charge >= 0.3 is 0 Å². The highest BCUT2D eigenvalue weighted by molar-refractivity contribution is 5.25. The lowest BCUT2D eigenvalue weighted by atomic mass is 9.84. The minimum absolute atomic E-state index is 0.127. The van der Waals surface area contributed by atoms with Crippen molar-refractivity contribution < 1.29 is 9.50 Å². The van der Waals surface area contributed by atoms with E-state index in [-0.39, 0.29) is 18.0 Å². The number of aliphatic hydroxyl groups is 1. The van der Waals surface area contributed by atoms with Crippen molar-refractivity contribution in [3.8, 4) is 0 Å². The van der Waals surface area contributed by atoms with Gasteiger partial charge in [-0.25, -0.2) is 4.39 Å². The maximum Gasteiger partial charge on any atom is 0.123 e. The molecule has 0 heterocycles. The molecule has 2 N–H and O–H groups in total. The highest BCUT2D eigenvalue weighted by atomic mass is 19.1.